The Morgan fingerprint density at radius 3 is 2.20 bits per heavy atom. The molecule has 0 atom stereocenters. The molecule has 3 N–H and O–H groups in total. The molecule has 11 heteroatoms. The van der Waals surface area contributed by atoms with Crippen LogP contribution >= 0.6 is 0 Å². The number of imidazole rings is 1. The summed E-state index contributed by atoms with van der Waals surface area (Å²) in [6.07, 6.45) is -0.705. The molecule has 1 amide bonds. The molecular weight excluding hydrogens is 514 g/mol. The van der Waals surface area contributed by atoms with Gasteiger partial charge in [-0.1, -0.05) is 35.1 Å². The molecule has 40 heavy (non-hydrogen) atoms. The van der Waals surface area contributed by atoms with E-state index in [9.17, 15) is 14.7 Å². The molecule has 0 radical (unpaired) electrons. The second-order valence-electron chi connectivity index (χ2n) is 9.22. The number of piperazine rings is 1. The Balaban J connectivity index is 1.10. The maximum Gasteiger partial charge on any atom is 0.434 e. The number of hydrogen-bond donors (Lipinski definition) is 3. The number of ether oxygens (including phenoxy) is 2. The number of aromatic amines is 1. The predicted octanol–water partition coefficient (Wildman–Crippen LogP) is 3.34. The fourth-order valence-electron chi connectivity index (χ4n) is 4.37. The molecule has 1 aromatic heterocycles. The van der Waals surface area contributed by atoms with Crippen LogP contribution in [-0.2, 0) is 13.1 Å². The summed E-state index contributed by atoms with van der Waals surface area (Å²) in [4.78, 5) is 36.5. The van der Waals surface area contributed by atoms with E-state index >= 15 is 0 Å². The second-order valence-corrected chi connectivity index (χ2v) is 9.22. The van der Waals surface area contributed by atoms with Gasteiger partial charge in [-0.25, -0.2) is 9.59 Å². The molecule has 11 nitrogen and oxygen atoms in total. The van der Waals surface area contributed by atoms with Crippen molar-refractivity contribution in [2.75, 3.05) is 38.2 Å². The van der Waals surface area contributed by atoms with Crippen LogP contribution in [0.15, 0.2) is 83.7 Å². The third-order valence-corrected chi connectivity index (χ3v) is 6.58. The Hall–Kier alpha value is -4.90. The van der Waals surface area contributed by atoms with Gasteiger partial charge in [0.25, 0.3) is 5.88 Å². The number of hydrogen-bond acceptors (Lipinski definition) is 8. The van der Waals surface area contributed by atoms with E-state index in [1.54, 1.807) is 7.11 Å². The number of nitrogens with one attached hydrogen (secondary N) is 2. The number of H-pyrrole nitrogens is 1. The molecule has 0 bridgehead atoms. The third-order valence-electron chi connectivity index (χ3n) is 6.58. The molecule has 1 aliphatic heterocycles. The van der Waals surface area contributed by atoms with Gasteiger partial charge in [-0.05, 0) is 54.1 Å². The van der Waals surface area contributed by atoms with E-state index < -0.39 is 17.7 Å². The highest BCUT2D eigenvalue weighted by Gasteiger charge is 2.25. The Bertz CT molecular complexity index is 1460. The van der Waals surface area contributed by atoms with Crippen LogP contribution in [0.2, 0.25) is 0 Å². The molecule has 1 fully saturated rings. The number of aromatic hydroxyl groups is 1. The quantitative estimate of drug-likeness (QED) is 0.293. The first-order valence-corrected chi connectivity index (χ1v) is 12.9. The Morgan fingerprint density at radius 2 is 1.52 bits per heavy atom. The van der Waals surface area contributed by atoms with Crippen LogP contribution in [0.5, 0.6) is 23.1 Å². The van der Waals surface area contributed by atoms with Crippen LogP contribution in [0.4, 0.5) is 10.5 Å². The Morgan fingerprint density at radius 1 is 0.875 bits per heavy atom. The molecule has 0 saturated carbocycles. The smallest absolute Gasteiger partial charge is 0.434 e. The van der Waals surface area contributed by atoms with Gasteiger partial charge in [0.15, 0.2) is 0 Å². The molecule has 1 aliphatic rings. The summed E-state index contributed by atoms with van der Waals surface area (Å²) in [6, 6.07) is 24.8. The summed E-state index contributed by atoms with van der Waals surface area (Å²) < 4.78 is 11.6. The molecule has 5 rings (SSSR count). The zero-order chi connectivity index (χ0) is 27.9. The molecule has 3 aromatic carbocycles. The summed E-state index contributed by atoms with van der Waals surface area (Å²) in [5.74, 6) is 1.81. The Kier molecular flexibility index (Phi) is 8.21. The molecule has 4 aromatic rings. The number of aromatic nitrogens is 2. The normalized spacial score (nSPS) is 13.2. The van der Waals surface area contributed by atoms with Crippen molar-refractivity contribution < 1.29 is 24.2 Å². The average Bonchev–Trinajstić information content (AvgIpc) is 3.26. The van der Waals surface area contributed by atoms with Crippen molar-refractivity contribution in [3.63, 3.8) is 0 Å². The van der Waals surface area contributed by atoms with Crippen LogP contribution < -0.4 is 30.2 Å². The molecule has 208 valence electrons. The minimum absolute atomic E-state index is 0.161. The Labute approximate surface area is 231 Å². The molecular formula is C29H31N5O6. The number of methoxy groups -OCH3 is 1. The number of amides is 1. The van der Waals surface area contributed by atoms with E-state index in [4.69, 9.17) is 14.3 Å². The van der Waals surface area contributed by atoms with E-state index in [0.29, 0.717) is 37.5 Å². The van der Waals surface area contributed by atoms with Crippen LogP contribution in [-0.4, -0.2) is 59.1 Å². The molecule has 0 spiro atoms. The van der Waals surface area contributed by atoms with Gasteiger partial charge in [0.1, 0.15) is 17.2 Å². The van der Waals surface area contributed by atoms with Crippen LogP contribution in [0, 0.1) is 0 Å². The first kappa shape index (κ1) is 26.7. The lowest BCUT2D eigenvalue weighted by molar-refractivity contribution is 0.0779. The molecule has 0 aliphatic carbocycles. The lowest BCUT2D eigenvalue weighted by Gasteiger charge is -2.35. The van der Waals surface area contributed by atoms with Gasteiger partial charge in [-0.3, -0.25) is 0 Å². The first-order chi connectivity index (χ1) is 19.5. The van der Waals surface area contributed by atoms with E-state index in [-0.39, 0.29) is 12.2 Å². The number of carbonyl (C=O) groups is 1. The third kappa shape index (κ3) is 6.38. The van der Waals surface area contributed by atoms with Gasteiger partial charge in [0.05, 0.1) is 12.8 Å². The first-order valence-electron chi connectivity index (χ1n) is 12.9. The molecule has 2 heterocycles. The average molecular weight is 546 g/mol. The SMILES string of the molecule is COc1ccc(N2CCN(C(=O)On3c(O)c(CNCc4ccc(Oc5ccccc5)cc4)[nH]c3=O)CC2)cc1. The topological polar surface area (TPSA) is 121 Å². The monoisotopic (exact) mass is 545 g/mol. The van der Waals surface area contributed by atoms with Crippen molar-refractivity contribution in [2.24, 2.45) is 0 Å². The number of para-hydroxylation sites is 1. The van der Waals surface area contributed by atoms with Gasteiger partial charge < -0.3 is 39.5 Å². The van der Waals surface area contributed by atoms with Gasteiger partial charge in [0.2, 0.25) is 0 Å². The van der Waals surface area contributed by atoms with E-state index in [1.165, 1.54) is 4.90 Å². The highest BCUT2D eigenvalue weighted by Crippen LogP contribution is 2.22. The zero-order valence-corrected chi connectivity index (χ0v) is 22.1. The summed E-state index contributed by atoms with van der Waals surface area (Å²) in [5.41, 5.74) is 1.50. The van der Waals surface area contributed by atoms with Crippen molar-refractivity contribution >= 4 is 11.8 Å². The minimum Gasteiger partial charge on any atom is -0.497 e. The number of nitrogens with zero attached hydrogens (tertiary/aromatic N) is 3. The van der Waals surface area contributed by atoms with Gasteiger partial charge in [0, 0.05) is 45.0 Å². The molecule has 1 saturated heterocycles. The number of benzene rings is 3. The zero-order valence-electron chi connectivity index (χ0n) is 22.1. The lowest BCUT2D eigenvalue weighted by atomic mass is 10.2. The number of anilines is 1. The number of carbonyl (C=O) groups excluding carboxylic acids is 1. The van der Waals surface area contributed by atoms with Crippen molar-refractivity contribution in [3.8, 4) is 23.1 Å². The number of rotatable bonds is 9. The maximum absolute atomic E-state index is 12.7. The highest BCUT2D eigenvalue weighted by molar-refractivity contribution is 5.68. The standard InChI is InChI=1S/C29H31N5O6/c1-38-23-13-9-22(10-14-23)32-15-17-33(18-16-32)29(37)40-34-27(35)26(31-28(34)36)20-30-19-21-7-11-25(12-8-21)39-24-5-3-2-4-6-24/h2-14,30,35H,15-20H2,1H3,(H,31,36). The maximum atomic E-state index is 12.7. The summed E-state index contributed by atoms with van der Waals surface area (Å²) in [5, 5.41) is 13.7. The van der Waals surface area contributed by atoms with Crippen molar-refractivity contribution in [1.82, 2.24) is 19.9 Å². The van der Waals surface area contributed by atoms with Crippen molar-refractivity contribution in [1.29, 1.82) is 0 Å². The van der Waals surface area contributed by atoms with Crippen molar-refractivity contribution in [2.45, 2.75) is 13.1 Å². The van der Waals surface area contributed by atoms with Crippen LogP contribution in [0.25, 0.3) is 0 Å². The summed E-state index contributed by atoms with van der Waals surface area (Å²) >= 11 is 0. The predicted molar refractivity (Wildman–Crippen MR) is 149 cm³/mol. The van der Waals surface area contributed by atoms with E-state index in [0.717, 1.165) is 28.5 Å². The van der Waals surface area contributed by atoms with Gasteiger partial charge >= 0.3 is 11.8 Å². The van der Waals surface area contributed by atoms with Crippen molar-refractivity contribution in [3.05, 3.63) is 101 Å². The van der Waals surface area contributed by atoms with E-state index in [2.05, 4.69) is 15.2 Å². The van der Waals surface area contributed by atoms with E-state index in [1.807, 2.05) is 78.9 Å². The summed E-state index contributed by atoms with van der Waals surface area (Å²) in [6.45, 7) is 2.67. The lowest BCUT2D eigenvalue weighted by Crippen LogP contribution is -2.51. The largest absolute Gasteiger partial charge is 0.497 e. The molecule has 0 unspecified atom stereocenters. The second kappa shape index (κ2) is 12.3. The highest BCUT2D eigenvalue weighted by atomic mass is 16.7. The fraction of sp³-hybridized carbons (Fsp3) is 0.241. The minimum atomic E-state index is -0.734. The summed E-state index contributed by atoms with van der Waals surface area (Å²) in [7, 11) is 1.62. The fourth-order valence-corrected chi connectivity index (χ4v) is 4.37. The van der Waals surface area contributed by atoms with Gasteiger partial charge in [-0.15, -0.1) is 0 Å². The van der Waals surface area contributed by atoms with Gasteiger partial charge in [-0.2, -0.15) is 0 Å². The van der Waals surface area contributed by atoms with Crippen LogP contribution in [0.3, 0.4) is 0 Å². The van der Waals surface area contributed by atoms with Crippen LogP contribution in [0.1, 0.15) is 11.3 Å².